The summed E-state index contributed by atoms with van der Waals surface area (Å²) in [6.07, 6.45) is 6.95. The number of halogens is 4. The Morgan fingerprint density at radius 2 is 1.04 bits per heavy atom. The van der Waals surface area contributed by atoms with E-state index in [9.17, 15) is 0 Å². The number of benzene rings is 4. The van der Waals surface area contributed by atoms with E-state index < -0.39 is 22.3 Å². The Morgan fingerprint density at radius 1 is 0.635 bits per heavy atom. The minimum absolute atomic E-state index is 0. The van der Waals surface area contributed by atoms with Gasteiger partial charge in [-0.05, 0) is 10.8 Å². The molecule has 1 atom stereocenters. The molecule has 0 nitrogen and oxygen atoms in total. The summed E-state index contributed by atoms with van der Waals surface area (Å²) in [5.41, 5.74) is 8.94. The van der Waals surface area contributed by atoms with E-state index >= 15 is 0 Å². The molecule has 5 heteroatoms. The fourth-order valence-corrected chi connectivity index (χ4v) is 8.40. The molecule has 0 aromatic heterocycles. The van der Waals surface area contributed by atoms with E-state index in [1.807, 2.05) is 24.3 Å². The molecule has 0 heterocycles. The predicted molar refractivity (Wildman–Crippen MR) is 221 cm³/mol. The van der Waals surface area contributed by atoms with Crippen molar-refractivity contribution in [3.05, 3.63) is 147 Å². The van der Waals surface area contributed by atoms with E-state index in [2.05, 4.69) is 162 Å². The standard InChI is InChI=1S/C21H25.C12H19.2C7H5Cl.2ClH.Zr/c1-20(2,3)16-7-9-18-14(12-16)11-15-13-17(21(4,5)6)8-10-19(15)18;1-6-10-7-9(2)8-11(10)12(3,4)5;2*1-6-2-4-7(8)5-3-6;;;/h7-13H,1-6H3;8-9H,6H2,1-5H3;2*1-5H;2*1H;/q2*-1;;;;;/p-2. The Kier molecular flexibility index (Phi) is 17.4. The van der Waals surface area contributed by atoms with Crippen LogP contribution in [0.5, 0.6) is 0 Å². The van der Waals surface area contributed by atoms with Crippen LogP contribution in [-0.2, 0) is 33.1 Å². The van der Waals surface area contributed by atoms with Gasteiger partial charge in [-0.3, -0.25) is 6.08 Å². The second-order valence-corrected chi connectivity index (χ2v) is 19.5. The van der Waals surface area contributed by atoms with E-state index in [0.29, 0.717) is 11.3 Å². The zero-order valence-electron chi connectivity index (χ0n) is 32.7. The van der Waals surface area contributed by atoms with Crippen LogP contribution in [0.15, 0.2) is 108 Å². The summed E-state index contributed by atoms with van der Waals surface area (Å²) in [5.74, 6) is 0.522. The molecule has 0 fully saturated rings. The Hall–Kier alpha value is -1.99. The number of fused-ring (bicyclic) bond motifs is 3. The van der Waals surface area contributed by atoms with Crippen LogP contribution in [0.4, 0.5) is 0 Å². The molecule has 0 amide bonds. The smallest absolute Gasteiger partial charge is 1.00 e. The van der Waals surface area contributed by atoms with Crippen LogP contribution in [0.1, 0.15) is 105 Å². The number of allylic oxidation sites excluding steroid dienone is 4. The molecular formula is C47H54Cl4Zr-4. The monoisotopic (exact) mass is 848 g/mol. The first-order valence-corrected chi connectivity index (χ1v) is 21.4. The third-order valence-corrected chi connectivity index (χ3v) is 11.9. The van der Waals surface area contributed by atoms with Crippen molar-refractivity contribution in [1.82, 2.24) is 0 Å². The molecule has 5 aromatic rings. The molecule has 0 spiro atoms. The molecule has 0 saturated carbocycles. The number of hydrogen-bond donors (Lipinski definition) is 0. The van der Waals surface area contributed by atoms with Gasteiger partial charge >= 0.3 is 123 Å². The van der Waals surface area contributed by atoms with Crippen molar-refractivity contribution in [2.75, 3.05) is 0 Å². The van der Waals surface area contributed by atoms with Gasteiger partial charge in [0.25, 0.3) is 0 Å². The molecule has 52 heavy (non-hydrogen) atoms. The average molecular weight is 852 g/mol. The normalized spacial score (nSPS) is 14.0. The van der Waals surface area contributed by atoms with Crippen LogP contribution < -0.4 is 24.8 Å². The van der Waals surface area contributed by atoms with Crippen LogP contribution in [0.3, 0.4) is 0 Å². The van der Waals surface area contributed by atoms with Crippen molar-refractivity contribution < 1.29 is 47.1 Å². The predicted octanol–water partition coefficient (Wildman–Crippen LogP) is 8.14. The quantitative estimate of drug-likeness (QED) is 0.161. The van der Waals surface area contributed by atoms with E-state index in [1.165, 1.54) is 54.9 Å². The molecule has 0 saturated heterocycles. The van der Waals surface area contributed by atoms with Crippen LogP contribution in [0.2, 0.25) is 10.0 Å². The summed E-state index contributed by atoms with van der Waals surface area (Å²) >= 11 is 11.0. The zero-order chi connectivity index (χ0) is 36.9. The fraction of sp³-hybridized carbons (Fsp3) is 0.340. The molecule has 1 aliphatic carbocycles. The molecule has 5 aromatic carbocycles. The van der Waals surface area contributed by atoms with Gasteiger partial charge < -0.3 is 24.8 Å². The first kappa shape index (κ1) is 46.2. The maximum atomic E-state index is 5.84. The Balaban J connectivity index is 0.000000275. The van der Waals surface area contributed by atoms with Crippen molar-refractivity contribution >= 4 is 52.2 Å². The van der Waals surface area contributed by atoms with Gasteiger partial charge in [0, 0.05) is 0 Å². The number of rotatable bonds is 3. The first-order chi connectivity index (χ1) is 23.3. The maximum Gasteiger partial charge on any atom is -1.00 e. The molecule has 1 aliphatic rings. The van der Waals surface area contributed by atoms with E-state index in [0.717, 1.165) is 16.5 Å². The van der Waals surface area contributed by atoms with Gasteiger partial charge in [-0.15, -0.1) is 39.7 Å². The molecule has 0 aliphatic heterocycles. The average Bonchev–Trinajstić information content (AvgIpc) is 3.62. The van der Waals surface area contributed by atoms with Crippen molar-refractivity contribution in [2.45, 2.75) is 93.4 Å². The molecule has 1 unspecified atom stereocenters. The van der Waals surface area contributed by atoms with Crippen molar-refractivity contribution in [2.24, 2.45) is 11.3 Å². The molecule has 0 bridgehead atoms. The molecule has 0 N–H and O–H groups in total. The van der Waals surface area contributed by atoms with Crippen molar-refractivity contribution in [3.63, 3.8) is 0 Å². The topological polar surface area (TPSA) is 0 Å². The van der Waals surface area contributed by atoms with E-state index in [1.54, 1.807) is 0 Å². The van der Waals surface area contributed by atoms with E-state index in [4.69, 9.17) is 23.2 Å². The van der Waals surface area contributed by atoms with Gasteiger partial charge in [0.05, 0.1) is 0 Å². The summed E-state index contributed by atoms with van der Waals surface area (Å²) in [6, 6.07) is 32.1. The Bertz CT molecular complexity index is 1910. The van der Waals surface area contributed by atoms with Gasteiger partial charge in [0.2, 0.25) is 0 Å². The summed E-state index contributed by atoms with van der Waals surface area (Å²) < 4.78 is 4.66. The molecular weight excluding hydrogens is 798 g/mol. The zero-order valence-corrected chi connectivity index (χ0v) is 38.2. The van der Waals surface area contributed by atoms with Gasteiger partial charge in [0.1, 0.15) is 0 Å². The second-order valence-electron chi connectivity index (χ2n) is 16.4. The first-order valence-electron chi connectivity index (χ1n) is 17.8. The summed E-state index contributed by atoms with van der Waals surface area (Å²) in [6.45, 7) is 24.9. The van der Waals surface area contributed by atoms with Crippen LogP contribution in [0.25, 0.3) is 21.5 Å². The molecule has 0 radical (unpaired) electrons. The van der Waals surface area contributed by atoms with Gasteiger partial charge in [-0.2, -0.15) is 11.6 Å². The molecule has 278 valence electrons. The van der Waals surface area contributed by atoms with Gasteiger partial charge in [-0.25, -0.2) is 5.57 Å². The van der Waals surface area contributed by atoms with Gasteiger partial charge in [0.15, 0.2) is 0 Å². The van der Waals surface area contributed by atoms with Crippen LogP contribution in [-0.4, -0.2) is 7.42 Å². The second kappa shape index (κ2) is 19.6. The van der Waals surface area contributed by atoms with Gasteiger partial charge in [-0.1, -0.05) is 129 Å². The Morgan fingerprint density at radius 3 is 1.37 bits per heavy atom. The largest absolute Gasteiger partial charge is 1.00 e. The SMILES string of the molecule is CC(C)(C)c1ccc2c(c1)[cH-]c1cc(C(C)(C)C)ccc12.CCC1=[C-]C(C)C=C1C(C)(C)C.Clc1ccc([CH]=[Zr]=[CH]c2ccc(Cl)cc2)cc1.[Cl-].[Cl-]. The maximum absolute atomic E-state index is 5.84. The fourth-order valence-electron chi connectivity index (χ4n) is 6.05. The van der Waals surface area contributed by atoms with Crippen LogP contribution in [0, 0.1) is 17.4 Å². The number of hydrogen-bond acceptors (Lipinski definition) is 0. The van der Waals surface area contributed by atoms with Crippen molar-refractivity contribution in [3.8, 4) is 0 Å². The third-order valence-electron chi connectivity index (χ3n) is 8.98. The third kappa shape index (κ3) is 13.1. The van der Waals surface area contributed by atoms with Crippen molar-refractivity contribution in [1.29, 1.82) is 0 Å². The minimum atomic E-state index is -0.623. The summed E-state index contributed by atoms with van der Waals surface area (Å²) in [7, 11) is 0. The van der Waals surface area contributed by atoms with Crippen LogP contribution >= 0.6 is 23.2 Å². The summed E-state index contributed by atoms with van der Waals surface area (Å²) in [4.78, 5) is 0. The van der Waals surface area contributed by atoms with E-state index in [-0.39, 0.29) is 35.6 Å². The minimum Gasteiger partial charge on any atom is -1.00 e. The Labute approximate surface area is 347 Å². The molecule has 6 rings (SSSR count). The summed E-state index contributed by atoms with van der Waals surface area (Å²) in [5, 5.41) is 7.05.